The first-order valence-corrected chi connectivity index (χ1v) is 12.7. The van der Waals surface area contributed by atoms with Gasteiger partial charge in [-0.2, -0.15) is 0 Å². The Labute approximate surface area is 219 Å². The highest BCUT2D eigenvalue weighted by Gasteiger charge is 2.28. The summed E-state index contributed by atoms with van der Waals surface area (Å²) in [5, 5.41) is 11.1. The second kappa shape index (κ2) is 10.3. The minimum atomic E-state index is -0.305. The maximum atomic E-state index is 13.7. The van der Waals surface area contributed by atoms with Gasteiger partial charge in [0.15, 0.2) is 5.78 Å². The van der Waals surface area contributed by atoms with Gasteiger partial charge in [0, 0.05) is 29.1 Å². The van der Waals surface area contributed by atoms with Crippen LogP contribution in [0.25, 0.3) is 0 Å². The zero-order valence-corrected chi connectivity index (χ0v) is 22.7. The van der Waals surface area contributed by atoms with Crippen molar-refractivity contribution in [1.29, 1.82) is 0 Å². The molecule has 0 amide bonds. The lowest BCUT2D eigenvalue weighted by Gasteiger charge is -2.28. The number of hydrogen-bond acceptors (Lipinski definition) is 3. The molecule has 4 aromatic rings. The van der Waals surface area contributed by atoms with Crippen LogP contribution in [0.15, 0.2) is 90.2 Å². The maximum absolute atomic E-state index is 13.7. The molecule has 0 bridgehead atoms. The molecular formula is C32H37N3O2. The number of aromatic hydroxyl groups is 1. The minimum absolute atomic E-state index is 0.0250. The molecular weight excluding hydrogens is 458 g/mol. The number of phenols is 1. The Morgan fingerprint density at radius 1 is 0.784 bits per heavy atom. The van der Waals surface area contributed by atoms with Crippen LogP contribution in [0.4, 0.5) is 5.69 Å². The summed E-state index contributed by atoms with van der Waals surface area (Å²) in [7, 11) is 0. The summed E-state index contributed by atoms with van der Waals surface area (Å²) in [5.74, 6) is 0.251. The number of carbonyl (C=O) groups excluding carboxylic acids is 1. The lowest BCUT2D eigenvalue weighted by molar-refractivity contribution is 0.0970. The van der Waals surface area contributed by atoms with Gasteiger partial charge in [-0.3, -0.25) is 4.79 Å². The van der Waals surface area contributed by atoms with E-state index in [2.05, 4.69) is 58.2 Å². The van der Waals surface area contributed by atoms with Gasteiger partial charge in [-0.1, -0.05) is 90.1 Å². The SMILES string of the molecule is CC(C)(C)c1cc(C(=O)Cn2ccn(Cc3ccccc3)c2=Nc2ccccc2)cc(C(C)(C)C)c1O. The van der Waals surface area contributed by atoms with Crippen LogP contribution in [-0.2, 0) is 23.9 Å². The normalized spacial score (nSPS) is 12.6. The van der Waals surface area contributed by atoms with Crippen LogP contribution >= 0.6 is 0 Å². The fourth-order valence-corrected chi connectivity index (χ4v) is 4.42. The van der Waals surface area contributed by atoms with Gasteiger partial charge in [0.05, 0.1) is 18.8 Å². The van der Waals surface area contributed by atoms with Gasteiger partial charge in [-0.15, -0.1) is 0 Å². The molecule has 0 fully saturated rings. The van der Waals surface area contributed by atoms with E-state index in [0.29, 0.717) is 17.7 Å². The summed E-state index contributed by atoms with van der Waals surface area (Å²) >= 11 is 0. The van der Waals surface area contributed by atoms with E-state index in [9.17, 15) is 9.90 Å². The molecule has 0 radical (unpaired) electrons. The Hall–Kier alpha value is -3.86. The molecule has 0 atom stereocenters. The second-order valence-corrected chi connectivity index (χ2v) is 11.6. The van der Waals surface area contributed by atoms with Crippen molar-refractivity contribution < 1.29 is 9.90 Å². The Kier molecular flexibility index (Phi) is 7.26. The van der Waals surface area contributed by atoms with Gasteiger partial charge < -0.3 is 14.2 Å². The molecule has 1 N–H and O–H groups in total. The number of para-hydroxylation sites is 1. The molecule has 0 saturated carbocycles. The Morgan fingerprint density at radius 3 is 1.84 bits per heavy atom. The highest BCUT2D eigenvalue weighted by molar-refractivity contribution is 5.96. The van der Waals surface area contributed by atoms with Gasteiger partial charge in [-0.25, -0.2) is 4.99 Å². The summed E-state index contributed by atoms with van der Waals surface area (Å²) in [6, 6.07) is 23.7. The number of carbonyl (C=O) groups is 1. The molecule has 0 spiro atoms. The molecule has 0 aliphatic heterocycles. The van der Waals surface area contributed by atoms with Crippen molar-refractivity contribution in [3.05, 3.63) is 113 Å². The molecule has 1 heterocycles. The molecule has 5 heteroatoms. The molecule has 0 unspecified atom stereocenters. The zero-order chi connectivity index (χ0) is 26.8. The molecule has 4 rings (SSSR count). The molecule has 192 valence electrons. The largest absolute Gasteiger partial charge is 0.507 e. The second-order valence-electron chi connectivity index (χ2n) is 11.6. The van der Waals surface area contributed by atoms with E-state index in [1.807, 2.05) is 77.6 Å². The van der Waals surface area contributed by atoms with E-state index in [-0.39, 0.29) is 28.9 Å². The summed E-state index contributed by atoms with van der Waals surface area (Å²) < 4.78 is 3.96. The number of Topliss-reactive ketones (excluding diaryl/α,β-unsaturated/α-hetero) is 1. The highest BCUT2D eigenvalue weighted by Crippen LogP contribution is 2.39. The number of hydrogen-bond donors (Lipinski definition) is 1. The molecule has 1 aromatic heterocycles. The molecule has 37 heavy (non-hydrogen) atoms. The third kappa shape index (κ3) is 6.11. The predicted octanol–water partition coefficient (Wildman–Crippen LogP) is 6.75. The van der Waals surface area contributed by atoms with Crippen LogP contribution in [0.2, 0.25) is 0 Å². The van der Waals surface area contributed by atoms with E-state index in [4.69, 9.17) is 4.99 Å². The summed E-state index contributed by atoms with van der Waals surface area (Å²) in [6.45, 7) is 13.1. The lowest BCUT2D eigenvalue weighted by Crippen LogP contribution is -2.29. The third-order valence-corrected chi connectivity index (χ3v) is 6.48. The quantitative estimate of drug-likeness (QED) is 0.301. The summed E-state index contributed by atoms with van der Waals surface area (Å²) in [6.07, 6.45) is 3.89. The number of nitrogens with zero attached hydrogens (tertiary/aromatic N) is 3. The van der Waals surface area contributed by atoms with Crippen LogP contribution < -0.4 is 5.62 Å². The fraction of sp³-hybridized carbons (Fsp3) is 0.312. The molecule has 0 saturated heterocycles. The third-order valence-electron chi connectivity index (χ3n) is 6.48. The number of rotatable bonds is 6. The van der Waals surface area contributed by atoms with Crippen molar-refractivity contribution in [3.8, 4) is 5.75 Å². The van der Waals surface area contributed by atoms with Crippen LogP contribution in [0.3, 0.4) is 0 Å². The zero-order valence-electron chi connectivity index (χ0n) is 22.7. The van der Waals surface area contributed by atoms with E-state index < -0.39 is 0 Å². The minimum Gasteiger partial charge on any atom is -0.507 e. The van der Waals surface area contributed by atoms with Gasteiger partial charge >= 0.3 is 0 Å². The van der Waals surface area contributed by atoms with Gasteiger partial charge in [0.25, 0.3) is 0 Å². The van der Waals surface area contributed by atoms with Crippen LogP contribution in [0, 0.1) is 0 Å². The van der Waals surface area contributed by atoms with Crippen LogP contribution in [-0.4, -0.2) is 20.0 Å². The molecule has 0 aliphatic rings. The monoisotopic (exact) mass is 495 g/mol. The molecule has 0 aliphatic carbocycles. The van der Waals surface area contributed by atoms with Gasteiger partial charge in [0.1, 0.15) is 5.75 Å². The van der Waals surface area contributed by atoms with Crippen LogP contribution in [0.1, 0.15) is 68.6 Å². The van der Waals surface area contributed by atoms with Gasteiger partial charge in [0.2, 0.25) is 5.62 Å². The number of aromatic nitrogens is 2. The molecule has 5 nitrogen and oxygen atoms in total. The van der Waals surface area contributed by atoms with E-state index in [0.717, 1.165) is 22.4 Å². The molecule has 3 aromatic carbocycles. The fourth-order valence-electron chi connectivity index (χ4n) is 4.42. The average molecular weight is 496 g/mol. The maximum Gasteiger partial charge on any atom is 0.210 e. The number of phenolic OH excluding ortho intramolecular Hbond substituents is 1. The number of imidazole rings is 1. The smallest absolute Gasteiger partial charge is 0.210 e. The van der Waals surface area contributed by atoms with Crippen molar-refractivity contribution in [2.75, 3.05) is 0 Å². The van der Waals surface area contributed by atoms with Crippen molar-refractivity contribution >= 4 is 11.5 Å². The van der Waals surface area contributed by atoms with Crippen molar-refractivity contribution in [3.63, 3.8) is 0 Å². The first-order valence-electron chi connectivity index (χ1n) is 12.7. The Morgan fingerprint density at radius 2 is 1.30 bits per heavy atom. The van der Waals surface area contributed by atoms with Crippen molar-refractivity contribution in [2.45, 2.75) is 65.5 Å². The van der Waals surface area contributed by atoms with Crippen molar-refractivity contribution in [1.82, 2.24) is 9.13 Å². The van der Waals surface area contributed by atoms with E-state index in [1.54, 1.807) is 0 Å². The highest BCUT2D eigenvalue weighted by atomic mass is 16.3. The van der Waals surface area contributed by atoms with E-state index >= 15 is 0 Å². The predicted molar refractivity (Wildman–Crippen MR) is 149 cm³/mol. The summed E-state index contributed by atoms with van der Waals surface area (Å²) in [4.78, 5) is 18.6. The number of ketones is 1. The average Bonchev–Trinajstić information content (AvgIpc) is 3.19. The Bertz CT molecular complexity index is 1410. The first-order chi connectivity index (χ1) is 17.4. The summed E-state index contributed by atoms with van der Waals surface area (Å²) in [5.41, 5.74) is 4.24. The standard InChI is InChI=1S/C32H37N3O2/c1-31(2,3)26-19-24(20-27(29(26)37)32(4,5)6)28(36)22-35-18-17-34(21-23-13-9-7-10-14-23)30(35)33-25-15-11-8-12-16-25/h7-20,37H,21-22H2,1-6H3. The topological polar surface area (TPSA) is 59.5 Å². The van der Waals surface area contributed by atoms with Gasteiger partial charge in [-0.05, 0) is 40.7 Å². The van der Waals surface area contributed by atoms with Crippen molar-refractivity contribution in [2.24, 2.45) is 4.99 Å². The Balaban J connectivity index is 1.77. The van der Waals surface area contributed by atoms with Crippen LogP contribution in [0.5, 0.6) is 5.75 Å². The first kappa shape index (κ1) is 26.2. The number of benzene rings is 3. The van der Waals surface area contributed by atoms with E-state index in [1.165, 1.54) is 0 Å². The lowest BCUT2D eigenvalue weighted by atomic mass is 9.78.